The van der Waals surface area contributed by atoms with Crippen molar-refractivity contribution in [3.8, 4) is 11.5 Å². The monoisotopic (exact) mass is 397 g/mol. The number of fused-ring (bicyclic) bond motifs is 1. The highest BCUT2D eigenvalue weighted by atomic mass is 16.7. The number of nitrogens with one attached hydrogen (secondary N) is 3. The molecular weight excluding hydrogens is 366 g/mol. The molecule has 3 N–H and O–H groups in total. The van der Waals surface area contributed by atoms with Crippen molar-refractivity contribution in [1.82, 2.24) is 5.32 Å². The number of carbonyl (C=O) groups excluding carboxylic acids is 1. The predicted octanol–water partition coefficient (Wildman–Crippen LogP) is -0.115. The fraction of sp³-hybridized carbons (Fsp3) is 0.435. The number of piperazine rings is 1. The van der Waals surface area contributed by atoms with Gasteiger partial charge in [-0.25, -0.2) is 0 Å². The van der Waals surface area contributed by atoms with E-state index in [2.05, 4.69) is 36.5 Å². The molecule has 6 nitrogen and oxygen atoms in total. The minimum atomic E-state index is -0.0513. The quantitative estimate of drug-likeness (QED) is 0.637. The molecule has 2 aromatic rings. The van der Waals surface area contributed by atoms with E-state index in [0.29, 0.717) is 6.54 Å². The molecule has 1 saturated heterocycles. The molecule has 2 aliphatic heterocycles. The van der Waals surface area contributed by atoms with Gasteiger partial charge in [-0.3, -0.25) is 4.79 Å². The molecule has 29 heavy (non-hydrogen) atoms. The van der Waals surface area contributed by atoms with Crippen LogP contribution in [-0.4, -0.2) is 45.4 Å². The summed E-state index contributed by atoms with van der Waals surface area (Å²) < 4.78 is 10.8. The molecule has 0 radical (unpaired) electrons. The van der Waals surface area contributed by atoms with Crippen LogP contribution in [0.1, 0.15) is 29.7 Å². The number of hydrogen-bond donors (Lipinski definition) is 3. The zero-order chi connectivity index (χ0) is 20.2. The molecule has 0 unspecified atom stereocenters. The van der Waals surface area contributed by atoms with Crippen molar-refractivity contribution in [3.05, 3.63) is 59.2 Å². The highest BCUT2D eigenvalue weighted by Gasteiger charge is 2.25. The summed E-state index contributed by atoms with van der Waals surface area (Å²) in [6, 6.07) is 14.6. The van der Waals surface area contributed by atoms with E-state index in [1.807, 2.05) is 25.1 Å². The number of aryl methyl sites for hydroxylation is 1. The van der Waals surface area contributed by atoms with E-state index < -0.39 is 0 Å². The number of benzene rings is 2. The minimum absolute atomic E-state index is 0.0513. The van der Waals surface area contributed by atoms with Gasteiger partial charge in [0.1, 0.15) is 32.7 Å². The Kier molecular flexibility index (Phi) is 6.02. The van der Waals surface area contributed by atoms with Gasteiger partial charge in [-0.1, -0.05) is 35.9 Å². The Morgan fingerprint density at radius 3 is 2.59 bits per heavy atom. The van der Waals surface area contributed by atoms with E-state index in [1.165, 1.54) is 16.0 Å². The van der Waals surface area contributed by atoms with Crippen LogP contribution in [0.5, 0.6) is 11.5 Å². The molecule has 154 valence electrons. The summed E-state index contributed by atoms with van der Waals surface area (Å²) in [5, 5.41) is 3.13. The molecule has 6 heteroatoms. The Hall–Kier alpha value is -2.57. The molecule has 1 amide bonds. The van der Waals surface area contributed by atoms with Crippen LogP contribution in [0.3, 0.4) is 0 Å². The molecule has 2 aromatic carbocycles. The van der Waals surface area contributed by atoms with Gasteiger partial charge in [0.25, 0.3) is 5.91 Å². The van der Waals surface area contributed by atoms with Crippen LogP contribution in [-0.2, 0) is 11.3 Å². The van der Waals surface area contributed by atoms with E-state index >= 15 is 0 Å². The standard InChI is InChI=1S/C23H29N3O3/c1-17-4-3-5-19(12-17)14-25-8-10-26(11-9-25)15-23(27)24-18(2)20-6-7-21-22(13-20)29-16-28-21/h3-7,12-13,18H,8-11,14-16H2,1-2H3,(H,24,27)/p+2/t18-/m1/s1. The number of amides is 1. The van der Waals surface area contributed by atoms with Crippen LogP contribution in [0.25, 0.3) is 0 Å². The van der Waals surface area contributed by atoms with Gasteiger partial charge in [0.2, 0.25) is 6.79 Å². The second-order valence-corrected chi connectivity index (χ2v) is 8.24. The summed E-state index contributed by atoms with van der Waals surface area (Å²) in [6.45, 7) is 10.3. The largest absolute Gasteiger partial charge is 0.454 e. The van der Waals surface area contributed by atoms with Crippen molar-refractivity contribution in [1.29, 1.82) is 0 Å². The van der Waals surface area contributed by atoms with E-state index in [4.69, 9.17) is 9.47 Å². The van der Waals surface area contributed by atoms with Gasteiger partial charge < -0.3 is 24.6 Å². The lowest BCUT2D eigenvalue weighted by molar-refractivity contribution is -1.02. The van der Waals surface area contributed by atoms with Gasteiger partial charge in [0.05, 0.1) is 6.04 Å². The Balaban J connectivity index is 1.22. The SMILES string of the molecule is Cc1cccc(C[NH+]2CC[NH+](CC(=O)N[C@H](C)c3ccc4c(c3)OCO4)CC2)c1. The molecule has 4 rings (SSSR count). The fourth-order valence-electron chi connectivity index (χ4n) is 4.21. The molecule has 2 aliphatic rings. The minimum Gasteiger partial charge on any atom is -0.454 e. The second-order valence-electron chi connectivity index (χ2n) is 8.24. The molecule has 1 atom stereocenters. The van der Waals surface area contributed by atoms with Crippen molar-refractivity contribution >= 4 is 5.91 Å². The number of rotatable bonds is 6. The van der Waals surface area contributed by atoms with Crippen LogP contribution in [0.4, 0.5) is 0 Å². The van der Waals surface area contributed by atoms with Crippen molar-refractivity contribution < 1.29 is 24.1 Å². The van der Waals surface area contributed by atoms with Crippen LogP contribution in [0.2, 0.25) is 0 Å². The van der Waals surface area contributed by atoms with E-state index in [1.54, 1.807) is 4.90 Å². The molecule has 0 spiro atoms. The predicted molar refractivity (Wildman–Crippen MR) is 110 cm³/mol. The van der Waals surface area contributed by atoms with Crippen LogP contribution in [0, 0.1) is 6.92 Å². The van der Waals surface area contributed by atoms with Crippen molar-refractivity contribution in [2.45, 2.75) is 26.4 Å². The molecule has 1 fully saturated rings. The van der Waals surface area contributed by atoms with Crippen LogP contribution >= 0.6 is 0 Å². The first-order chi connectivity index (χ1) is 14.1. The third-order valence-electron chi connectivity index (χ3n) is 5.89. The maximum Gasteiger partial charge on any atom is 0.275 e. The topological polar surface area (TPSA) is 56.4 Å². The summed E-state index contributed by atoms with van der Waals surface area (Å²) in [4.78, 5) is 15.5. The Bertz CT molecular complexity index is 862. The van der Waals surface area contributed by atoms with E-state index in [-0.39, 0.29) is 18.7 Å². The average molecular weight is 398 g/mol. The van der Waals surface area contributed by atoms with Crippen molar-refractivity contribution in [2.75, 3.05) is 39.5 Å². The summed E-state index contributed by atoms with van der Waals surface area (Å²) in [7, 11) is 0. The zero-order valence-electron chi connectivity index (χ0n) is 17.3. The maximum absolute atomic E-state index is 12.5. The van der Waals surface area contributed by atoms with Gasteiger partial charge in [0, 0.05) is 5.56 Å². The highest BCUT2D eigenvalue weighted by molar-refractivity contribution is 5.77. The fourth-order valence-corrected chi connectivity index (χ4v) is 4.21. The van der Waals surface area contributed by atoms with E-state index in [9.17, 15) is 4.79 Å². The number of carbonyl (C=O) groups is 1. The second kappa shape index (κ2) is 8.84. The molecule has 0 aromatic heterocycles. The molecule has 2 heterocycles. The Labute approximate surface area is 172 Å². The molecule has 0 bridgehead atoms. The third kappa shape index (κ3) is 5.08. The van der Waals surface area contributed by atoms with Gasteiger partial charge in [-0.2, -0.15) is 0 Å². The summed E-state index contributed by atoms with van der Waals surface area (Å²) >= 11 is 0. The van der Waals surface area contributed by atoms with Crippen LogP contribution < -0.4 is 24.6 Å². The lowest BCUT2D eigenvalue weighted by Crippen LogP contribution is -3.28. The number of hydrogen-bond acceptors (Lipinski definition) is 3. The third-order valence-corrected chi connectivity index (χ3v) is 5.89. The van der Waals surface area contributed by atoms with Crippen molar-refractivity contribution in [2.24, 2.45) is 0 Å². The lowest BCUT2D eigenvalue weighted by Gasteiger charge is -2.29. The van der Waals surface area contributed by atoms with Gasteiger partial charge in [-0.05, 0) is 31.5 Å². The normalized spacial score (nSPS) is 21.6. The summed E-state index contributed by atoms with van der Waals surface area (Å²) in [5.74, 6) is 1.62. The number of ether oxygens (including phenoxy) is 2. The van der Waals surface area contributed by atoms with E-state index in [0.717, 1.165) is 49.8 Å². The van der Waals surface area contributed by atoms with Gasteiger partial charge in [-0.15, -0.1) is 0 Å². The Morgan fingerprint density at radius 2 is 1.79 bits per heavy atom. The highest BCUT2D eigenvalue weighted by Crippen LogP contribution is 2.34. The first kappa shape index (κ1) is 19.7. The smallest absolute Gasteiger partial charge is 0.275 e. The van der Waals surface area contributed by atoms with Crippen LogP contribution in [0.15, 0.2) is 42.5 Å². The average Bonchev–Trinajstić information content (AvgIpc) is 3.17. The summed E-state index contributed by atoms with van der Waals surface area (Å²) in [6.07, 6.45) is 0. The zero-order valence-corrected chi connectivity index (χ0v) is 17.3. The first-order valence-electron chi connectivity index (χ1n) is 10.5. The maximum atomic E-state index is 12.5. The van der Waals surface area contributed by atoms with Gasteiger partial charge >= 0.3 is 0 Å². The number of quaternary nitrogens is 2. The molecule has 0 aliphatic carbocycles. The summed E-state index contributed by atoms with van der Waals surface area (Å²) in [5.41, 5.74) is 3.75. The Morgan fingerprint density at radius 1 is 1.03 bits per heavy atom. The van der Waals surface area contributed by atoms with Crippen molar-refractivity contribution in [3.63, 3.8) is 0 Å². The lowest BCUT2D eigenvalue weighted by atomic mass is 10.1. The first-order valence-corrected chi connectivity index (χ1v) is 10.5. The van der Waals surface area contributed by atoms with Gasteiger partial charge in [0.15, 0.2) is 18.0 Å². The molecular formula is C23H31N3O3+2. The molecule has 0 saturated carbocycles.